The normalized spacial score (nSPS) is 12.8. The summed E-state index contributed by atoms with van der Waals surface area (Å²) in [6, 6.07) is 19.3. The number of H-pyrrole nitrogens is 1. The standard InChI is InChI=1S/C23H31N3O.2ClH/c1-18(11-12-19-7-3-2-4-8-19)25-17-21(27)16-24-14-13-20-15-26-23-10-6-5-9-22(20)23;;/h2-10,15,18,21,24-27H,11-14,16-17H2,1H3;2*1H. The van der Waals surface area contributed by atoms with Crippen molar-refractivity contribution >= 4 is 35.7 Å². The van der Waals surface area contributed by atoms with Crippen molar-refractivity contribution in [2.24, 2.45) is 0 Å². The summed E-state index contributed by atoms with van der Waals surface area (Å²) < 4.78 is 0. The summed E-state index contributed by atoms with van der Waals surface area (Å²) in [7, 11) is 0. The van der Waals surface area contributed by atoms with E-state index in [0.717, 1.165) is 25.8 Å². The second-order valence-corrected chi connectivity index (χ2v) is 7.30. The maximum absolute atomic E-state index is 10.2. The SMILES string of the molecule is CC(CCc1ccccc1)NCC(O)CNCCc1c[nH]c2ccccc12.Cl.Cl. The smallest absolute Gasteiger partial charge is 0.0788 e. The third-order valence-corrected chi connectivity index (χ3v) is 5.04. The Labute approximate surface area is 186 Å². The molecule has 0 saturated carbocycles. The van der Waals surface area contributed by atoms with E-state index < -0.39 is 0 Å². The fraction of sp³-hybridized carbons (Fsp3) is 0.391. The highest BCUT2D eigenvalue weighted by Crippen LogP contribution is 2.17. The topological polar surface area (TPSA) is 60.1 Å². The van der Waals surface area contributed by atoms with Crippen molar-refractivity contribution in [1.29, 1.82) is 0 Å². The average molecular weight is 438 g/mol. The van der Waals surface area contributed by atoms with Crippen molar-refractivity contribution < 1.29 is 5.11 Å². The van der Waals surface area contributed by atoms with E-state index in [-0.39, 0.29) is 30.9 Å². The van der Waals surface area contributed by atoms with Crippen molar-refractivity contribution in [3.63, 3.8) is 0 Å². The van der Waals surface area contributed by atoms with Crippen LogP contribution in [0.15, 0.2) is 60.8 Å². The first kappa shape index (κ1) is 25.5. The summed E-state index contributed by atoms with van der Waals surface area (Å²) in [5.41, 5.74) is 3.87. The lowest BCUT2D eigenvalue weighted by Crippen LogP contribution is -2.39. The van der Waals surface area contributed by atoms with Gasteiger partial charge in [-0.25, -0.2) is 0 Å². The molecule has 6 heteroatoms. The van der Waals surface area contributed by atoms with E-state index in [0.29, 0.717) is 19.1 Å². The van der Waals surface area contributed by atoms with Crippen LogP contribution in [0.25, 0.3) is 10.9 Å². The minimum absolute atomic E-state index is 0. The van der Waals surface area contributed by atoms with Gasteiger partial charge in [0.2, 0.25) is 0 Å². The predicted octanol–water partition coefficient (Wildman–Crippen LogP) is 4.12. The summed E-state index contributed by atoms with van der Waals surface area (Å²) in [4.78, 5) is 3.31. The molecule has 4 nitrogen and oxygen atoms in total. The van der Waals surface area contributed by atoms with Gasteiger partial charge in [-0.3, -0.25) is 0 Å². The van der Waals surface area contributed by atoms with Gasteiger partial charge in [-0.15, -0.1) is 24.8 Å². The number of hydrogen-bond donors (Lipinski definition) is 4. The highest BCUT2D eigenvalue weighted by molar-refractivity contribution is 5.85. The second-order valence-electron chi connectivity index (χ2n) is 7.30. The molecular weight excluding hydrogens is 405 g/mol. The van der Waals surface area contributed by atoms with Gasteiger partial charge in [0, 0.05) is 36.2 Å². The zero-order chi connectivity index (χ0) is 18.9. The molecule has 0 aliphatic heterocycles. The Balaban J connectivity index is 0.00000210. The molecule has 1 heterocycles. The van der Waals surface area contributed by atoms with E-state index in [1.54, 1.807) is 0 Å². The number of halogens is 2. The van der Waals surface area contributed by atoms with E-state index in [9.17, 15) is 5.11 Å². The number of hydrogen-bond acceptors (Lipinski definition) is 3. The van der Waals surface area contributed by atoms with Gasteiger partial charge in [0.05, 0.1) is 6.10 Å². The van der Waals surface area contributed by atoms with Crippen LogP contribution in [0.1, 0.15) is 24.5 Å². The maximum Gasteiger partial charge on any atom is 0.0788 e. The fourth-order valence-electron chi connectivity index (χ4n) is 3.37. The summed E-state index contributed by atoms with van der Waals surface area (Å²) >= 11 is 0. The molecule has 0 amide bonds. The largest absolute Gasteiger partial charge is 0.390 e. The Morgan fingerprint density at radius 1 is 0.931 bits per heavy atom. The van der Waals surface area contributed by atoms with Crippen molar-refractivity contribution in [3.05, 3.63) is 71.9 Å². The Hall–Kier alpha value is -1.56. The molecule has 0 aliphatic carbocycles. The zero-order valence-corrected chi connectivity index (χ0v) is 18.6. The summed E-state index contributed by atoms with van der Waals surface area (Å²) in [6.07, 6.45) is 4.81. The quantitative estimate of drug-likeness (QED) is 0.341. The van der Waals surface area contributed by atoms with Gasteiger partial charge >= 0.3 is 0 Å². The first-order valence-electron chi connectivity index (χ1n) is 9.93. The number of aliphatic hydroxyl groups excluding tert-OH is 1. The number of nitrogens with one attached hydrogen (secondary N) is 3. The number of aromatic nitrogens is 1. The molecular formula is C23H33Cl2N3O. The van der Waals surface area contributed by atoms with Crippen LogP contribution in [0.5, 0.6) is 0 Å². The number of para-hydroxylation sites is 1. The molecule has 160 valence electrons. The molecule has 2 aromatic carbocycles. The van der Waals surface area contributed by atoms with Crippen LogP contribution < -0.4 is 10.6 Å². The lowest BCUT2D eigenvalue weighted by molar-refractivity contribution is 0.164. The molecule has 0 aliphatic rings. The second kappa shape index (κ2) is 13.6. The Kier molecular flexibility index (Phi) is 12.0. The Bertz CT molecular complexity index is 810. The number of fused-ring (bicyclic) bond motifs is 1. The summed E-state index contributed by atoms with van der Waals surface area (Å²) in [5, 5.41) is 18.3. The Morgan fingerprint density at radius 2 is 1.66 bits per heavy atom. The van der Waals surface area contributed by atoms with Gasteiger partial charge in [-0.2, -0.15) is 0 Å². The van der Waals surface area contributed by atoms with E-state index in [4.69, 9.17) is 0 Å². The van der Waals surface area contributed by atoms with Gasteiger partial charge in [0.25, 0.3) is 0 Å². The highest BCUT2D eigenvalue weighted by Gasteiger charge is 2.08. The third-order valence-electron chi connectivity index (χ3n) is 5.04. The highest BCUT2D eigenvalue weighted by atomic mass is 35.5. The first-order chi connectivity index (χ1) is 13.2. The molecule has 29 heavy (non-hydrogen) atoms. The van der Waals surface area contributed by atoms with Crippen molar-refractivity contribution in [3.8, 4) is 0 Å². The summed E-state index contributed by atoms with van der Waals surface area (Å²) in [6.45, 7) is 4.28. The van der Waals surface area contributed by atoms with E-state index in [1.165, 1.54) is 22.0 Å². The van der Waals surface area contributed by atoms with Gasteiger partial charge in [0.1, 0.15) is 0 Å². The number of aliphatic hydroxyl groups is 1. The number of benzene rings is 2. The van der Waals surface area contributed by atoms with Crippen LogP contribution in [-0.4, -0.2) is 41.9 Å². The molecule has 1 aromatic heterocycles. The molecule has 0 bridgehead atoms. The van der Waals surface area contributed by atoms with Gasteiger partial charge in [0.15, 0.2) is 0 Å². The molecule has 2 unspecified atom stereocenters. The van der Waals surface area contributed by atoms with Crippen LogP contribution >= 0.6 is 24.8 Å². The first-order valence-corrected chi connectivity index (χ1v) is 9.93. The van der Waals surface area contributed by atoms with Crippen molar-refractivity contribution in [2.75, 3.05) is 19.6 Å². The van der Waals surface area contributed by atoms with Gasteiger partial charge in [-0.1, -0.05) is 48.5 Å². The molecule has 0 fully saturated rings. The van der Waals surface area contributed by atoms with E-state index >= 15 is 0 Å². The predicted molar refractivity (Wildman–Crippen MR) is 128 cm³/mol. The molecule has 0 spiro atoms. The van der Waals surface area contributed by atoms with Crippen LogP contribution in [0.4, 0.5) is 0 Å². The minimum Gasteiger partial charge on any atom is -0.390 e. The van der Waals surface area contributed by atoms with Crippen molar-refractivity contribution in [2.45, 2.75) is 38.3 Å². The fourth-order valence-corrected chi connectivity index (χ4v) is 3.37. The van der Waals surface area contributed by atoms with Crippen LogP contribution in [0.2, 0.25) is 0 Å². The molecule has 4 N–H and O–H groups in total. The zero-order valence-electron chi connectivity index (χ0n) is 16.9. The summed E-state index contributed by atoms with van der Waals surface area (Å²) in [5.74, 6) is 0. The molecule has 0 radical (unpaired) electrons. The minimum atomic E-state index is -0.368. The van der Waals surface area contributed by atoms with Crippen LogP contribution in [-0.2, 0) is 12.8 Å². The molecule has 3 rings (SSSR count). The molecule has 3 aromatic rings. The van der Waals surface area contributed by atoms with E-state index in [1.807, 2.05) is 12.1 Å². The molecule has 0 saturated heterocycles. The maximum atomic E-state index is 10.2. The Morgan fingerprint density at radius 3 is 2.45 bits per heavy atom. The molecule has 2 atom stereocenters. The van der Waals surface area contributed by atoms with Crippen molar-refractivity contribution in [1.82, 2.24) is 15.6 Å². The number of rotatable bonds is 11. The number of aryl methyl sites for hydroxylation is 1. The third kappa shape index (κ3) is 8.37. The lowest BCUT2D eigenvalue weighted by atomic mass is 10.1. The lowest BCUT2D eigenvalue weighted by Gasteiger charge is -2.17. The van der Waals surface area contributed by atoms with Gasteiger partial charge in [-0.05, 0) is 49.9 Å². The average Bonchev–Trinajstić information content (AvgIpc) is 3.12. The van der Waals surface area contributed by atoms with E-state index in [2.05, 4.69) is 71.2 Å². The number of aromatic amines is 1. The van der Waals surface area contributed by atoms with Crippen LogP contribution in [0, 0.1) is 0 Å². The van der Waals surface area contributed by atoms with Gasteiger partial charge < -0.3 is 20.7 Å². The van der Waals surface area contributed by atoms with Crippen LogP contribution in [0.3, 0.4) is 0 Å². The monoisotopic (exact) mass is 437 g/mol.